The number of likely N-dealkylation sites (tertiary alicyclic amines) is 1. The predicted octanol–water partition coefficient (Wildman–Crippen LogP) is 5.71. The Balaban J connectivity index is 0.00000140. The molecule has 4 nitrogen and oxygen atoms in total. The molecule has 1 N–H and O–H groups in total. The van der Waals surface area contributed by atoms with Crippen molar-refractivity contribution in [3.63, 3.8) is 0 Å². The van der Waals surface area contributed by atoms with Gasteiger partial charge in [-0.05, 0) is 43.6 Å². The monoisotopic (exact) mass is 439 g/mol. The molecular weight excluding hydrogens is 413 g/mol. The van der Waals surface area contributed by atoms with Crippen LogP contribution < -0.4 is 10.1 Å². The third-order valence-electron chi connectivity index (χ3n) is 4.96. The number of anilines is 1. The molecule has 0 radical (unpaired) electrons. The fraction of sp³-hybridized carbons (Fsp3) is 0.381. The van der Waals surface area contributed by atoms with Gasteiger partial charge in [-0.3, -0.25) is 0 Å². The number of aromatic nitrogens is 1. The molecule has 7 heteroatoms. The van der Waals surface area contributed by atoms with Gasteiger partial charge in [0, 0.05) is 18.7 Å². The van der Waals surface area contributed by atoms with Gasteiger partial charge in [-0.2, -0.15) is 0 Å². The minimum absolute atomic E-state index is 0. The summed E-state index contributed by atoms with van der Waals surface area (Å²) in [6.45, 7) is 4.47. The quantitative estimate of drug-likeness (QED) is 0.533. The summed E-state index contributed by atoms with van der Waals surface area (Å²) >= 11 is 1.71. The molecule has 2 aromatic carbocycles. The Morgan fingerprint density at radius 3 is 2.50 bits per heavy atom. The maximum absolute atomic E-state index is 5.54. The van der Waals surface area contributed by atoms with Crippen LogP contribution in [-0.4, -0.2) is 43.2 Å². The first kappa shape index (κ1) is 22.8. The lowest BCUT2D eigenvalue weighted by Crippen LogP contribution is -2.33. The lowest BCUT2D eigenvalue weighted by molar-refractivity contribution is 0.237. The Labute approximate surface area is 183 Å². The van der Waals surface area contributed by atoms with Gasteiger partial charge in [0.15, 0.2) is 5.13 Å². The van der Waals surface area contributed by atoms with Gasteiger partial charge in [-0.25, -0.2) is 4.98 Å². The van der Waals surface area contributed by atoms with E-state index < -0.39 is 0 Å². The molecule has 2 heterocycles. The van der Waals surface area contributed by atoms with E-state index in [0.717, 1.165) is 29.5 Å². The maximum Gasteiger partial charge on any atom is 0.183 e. The molecule has 0 aliphatic carbocycles. The van der Waals surface area contributed by atoms with Crippen molar-refractivity contribution >= 4 is 51.5 Å². The second-order valence-electron chi connectivity index (χ2n) is 6.71. The van der Waals surface area contributed by atoms with Gasteiger partial charge < -0.3 is 15.0 Å². The molecule has 0 unspecified atom stereocenters. The number of ether oxygens (including phenoxy) is 1. The van der Waals surface area contributed by atoms with Crippen LogP contribution in [-0.2, 0) is 0 Å². The fourth-order valence-corrected chi connectivity index (χ4v) is 4.62. The molecule has 1 fully saturated rings. The number of halogens is 2. The third kappa shape index (κ3) is 5.09. The fourth-order valence-electron chi connectivity index (χ4n) is 3.57. The molecule has 28 heavy (non-hydrogen) atoms. The molecule has 1 aliphatic heterocycles. The highest BCUT2D eigenvalue weighted by Gasteiger charge is 2.15. The first-order valence-electron chi connectivity index (χ1n) is 9.34. The van der Waals surface area contributed by atoms with Crippen LogP contribution in [0.2, 0.25) is 0 Å². The van der Waals surface area contributed by atoms with E-state index in [1.807, 2.05) is 12.1 Å². The number of fused-ring (bicyclic) bond motifs is 1. The van der Waals surface area contributed by atoms with E-state index in [1.165, 1.54) is 48.2 Å². The summed E-state index contributed by atoms with van der Waals surface area (Å²) in [7, 11) is 1.71. The number of hydrogen-bond donors (Lipinski definition) is 1. The molecule has 0 bridgehead atoms. The predicted molar refractivity (Wildman–Crippen MR) is 125 cm³/mol. The SMILES string of the molecule is COc1ccc(-c2ccccc2)c2sc(NCCN3CCCCC3)nc12.Cl.Cl. The Kier molecular flexibility index (Phi) is 8.83. The van der Waals surface area contributed by atoms with Crippen LogP contribution in [0.25, 0.3) is 21.3 Å². The van der Waals surface area contributed by atoms with Crippen LogP contribution in [0.5, 0.6) is 5.75 Å². The lowest BCUT2D eigenvalue weighted by Gasteiger charge is -2.26. The molecule has 0 atom stereocenters. The molecule has 1 aromatic heterocycles. The molecule has 152 valence electrons. The number of rotatable bonds is 6. The van der Waals surface area contributed by atoms with E-state index in [-0.39, 0.29) is 24.8 Å². The van der Waals surface area contributed by atoms with E-state index >= 15 is 0 Å². The van der Waals surface area contributed by atoms with Gasteiger partial charge in [0.1, 0.15) is 11.3 Å². The molecule has 0 amide bonds. The summed E-state index contributed by atoms with van der Waals surface area (Å²) in [6, 6.07) is 14.6. The van der Waals surface area contributed by atoms with Gasteiger partial charge in [-0.15, -0.1) is 24.8 Å². The average molecular weight is 440 g/mol. The number of nitrogens with one attached hydrogen (secondary N) is 1. The average Bonchev–Trinajstić information content (AvgIpc) is 3.13. The zero-order valence-corrected chi connectivity index (χ0v) is 18.5. The first-order valence-corrected chi connectivity index (χ1v) is 10.2. The minimum Gasteiger partial charge on any atom is -0.494 e. The van der Waals surface area contributed by atoms with E-state index in [9.17, 15) is 0 Å². The number of hydrogen-bond acceptors (Lipinski definition) is 5. The summed E-state index contributed by atoms with van der Waals surface area (Å²) in [6.07, 6.45) is 4.04. The van der Waals surface area contributed by atoms with Crippen LogP contribution in [0.15, 0.2) is 42.5 Å². The first-order chi connectivity index (χ1) is 12.8. The second kappa shape index (κ2) is 10.9. The highest BCUT2D eigenvalue weighted by molar-refractivity contribution is 7.22. The topological polar surface area (TPSA) is 37.4 Å². The summed E-state index contributed by atoms with van der Waals surface area (Å²) in [5.74, 6) is 0.833. The molecule has 0 saturated carbocycles. The van der Waals surface area contributed by atoms with Crippen molar-refractivity contribution in [2.24, 2.45) is 0 Å². The van der Waals surface area contributed by atoms with E-state index in [4.69, 9.17) is 9.72 Å². The summed E-state index contributed by atoms with van der Waals surface area (Å²) in [4.78, 5) is 7.36. The highest BCUT2D eigenvalue weighted by Crippen LogP contribution is 2.39. The summed E-state index contributed by atoms with van der Waals surface area (Å²) < 4.78 is 6.72. The van der Waals surface area contributed by atoms with Crippen LogP contribution >= 0.6 is 36.2 Å². The third-order valence-corrected chi connectivity index (χ3v) is 6.01. The van der Waals surface area contributed by atoms with Crippen molar-refractivity contribution in [3.05, 3.63) is 42.5 Å². The van der Waals surface area contributed by atoms with Crippen molar-refractivity contribution in [1.82, 2.24) is 9.88 Å². The molecule has 1 saturated heterocycles. The largest absolute Gasteiger partial charge is 0.494 e. The van der Waals surface area contributed by atoms with Gasteiger partial charge in [0.25, 0.3) is 0 Å². The number of thiazole rings is 1. The minimum atomic E-state index is 0. The van der Waals surface area contributed by atoms with E-state index in [2.05, 4.69) is 40.5 Å². The van der Waals surface area contributed by atoms with Crippen LogP contribution in [0, 0.1) is 0 Å². The van der Waals surface area contributed by atoms with Gasteiger partial charge in [0.2, 0.25) is 0 Å². The molecule has 3 aromatic rings. The van der Waals surface area contributed by atoms with Crippen LogP contribution in [0.4, 0.5) is 5.13 Å². The number of nitrogens with zero attached hydrogens (tertiary/aromatic N) is 2. The molecule has 0 spiro atoms. The summed E-state index contributed by atoms with van der Waals surface area (Å²) in [5.41, 5.74) is 3.37. The number of methoxy groups -OCH3 is 1. The standard InChI is InChI=1S/C21H25N3OS.2ClH/c1-25-18-11-10-17(16-8-4-2-5-9-16)20-19(18)23-21(26-20)22-12-15-24-13-6-3-7-14-24;;/h2,4-5,8-11H,3,6-7,12-15H2,1H3,(H,22,23);2*1H. The number of piperidine rings is 1. The van der Waals surface area contributed by atoms with E-state index in [0.29, 0.717) is 0 Å². The normalized spacial score (nSPS) is 14.2. The Hall–Kier alpha value is -1.53. The van der Waals surface area contributed by atoms with Gasteiger partial charge in [-0.1, -0.05) is 48.1 Å². The van der Waals surface area contributed by atoms with Crippen molar-refractivity contribution in [3.8, 4) is 16.9 Å². The molecule has 1 aliphatic rings. The highest BCUT2D eigenvalue weighted by atomic mass is 35.5. The lowest BCUT2D eigenvalue weighted by atomic mass is 10.1. The molecule has 4 rings (SSSR count). The zero-order valence-electron chi connectivity index (χ0n) is 16.0. The van der Waals surface area contributed by atoms with Crippen LogP contribution in [0.1, 0.15) is 19.3 Å². The van der Waals surface area contributed by atoms with Crippen molar-refractivity contribution in [2.45, 2.75) is 19.3 Å². The van der Waals surface area contributed by atoms with E-state index in [1.54, 1.807) is 18.4 Å². The Morgan fingerprint density at radius 1 is 1.04 bits per heavy atom. The van der Waals surface area contributed by atoms with Gasteiger partial charge >= 0.3 is 0 Å². The van der Waals surface area contributed by atoms with Crippen molar-refractivity contribution < 1.29 is 4.74 Å². The maximum atomic E-state index is 5.54. The van der Waals surface area contributed by atoms with Crippen LogP contribution in [0.3, 0.4) is 0 Å². The molecular formula is C21H27Cl2N3OS. The smallest absolute Gasteiger partial charge is 0.183 e. The Bertz CT molecular complexity index is 867. The summed E-state index contributed by atoms with van der Waals surface area (Å²) in [5, 5.41) is 4.49. The van der Waals surface area contributed by atoms with Gasteiger partial charge in [0.05, 0.1) is 11.8 Å². The number of benzene rings is 2. The second-order valence-corrected chi connectivity index (χ2v) is 7.71. The van der Waals surface area contributed by atoms with Crippen molar-refractivity contribution in [2.75, 3.05) is 38.6 Å². The Morgan fingerprint density at radius 2 is 1.79 bits per heavy atom. The van der Waals surface area contributed by atoms with Crippen molar-refractivity contribution in [1.29, 1.82) is 0 Å². The zero-order chi connectivity index (χ0) is 17.8.